The van der Waals surface area contributed by atoms with Gasteiger partial charge in [0.25, 0.3) is 0 Å². The smallest absolute Gasteiger partial charge is 0.178 e. The average molecular weight is 149 g/mol. The molecule has 0 atom stereocenters. The summed E-state index contributed by atoms with van der Waals surface area (Å²) in [5.41, 5.74) is -1.23. The number of nitriles is 1. The van der Waals surface area contributed by atoms with Crippen LogP contribution in [0.15, 0.2) is 24.3 Å². The molecule has 1 aliphatic rings. The Balaban J connectivity index is 2.78. The molecule has 56 valence electrons. The number of hydrogen-bond donors (Lipinski definition) is 1. The predicted molar refractivity (Wildman–Crippen MR) is 38.5 cm³/mol. The van der Waals surface area contributed by atoms with Crippen LogP contribution in [0.2, 0.25) is 0 Å². The predicted octanol–water partition coefficient (Wildman–Crippen LogP) is 0.326. The van der Waals surface area contributed by atoms with E-state index in [0.29, 0.717) is 0 Å². The number of aliphatic hydroxyl groups is 1. The largest absolute Gasteiger partial charge is 0.381 e. The standard InChI is InChI=1S/C8H7NO2/c9-6-5-8(11)3-1-7(10)2-4-8/h1-4,11H,5H2. The van der Waals surface area contributed by atoms with Crippen molar-refractivity contribution in [3.63, 3.8) is 0 Å². The fourth-order valence-corrected chi connectivity index (χ4v) is 0.808. The van der Waals surface area contributed by atoms with E-state index in [-0.39, 0.29) is 12.2 Å². The second-order valence-electron chi connectivity index (χ2n) is 2.40. The van der Waals surface area contributed by atoms with E-state index in [1.165, 1.54) is 24.3 Å². The van der Waals surface area contributed by atoms with Gasteiger partial charge in [0.15, 0.2) is 5.78 Å². The molecule has 1 aliphatic carbocycles. The van der Waals surface area contributed by atoms with Gasteiger partial charge in [-0.3, -0.25) is 4.79 Å². The molecule has 0 saturated carbocycles. The van der Waals surface area contributed by atoms with E-state index in [2.05, 4.69) is 0 Å². The quantitative estimate of drug-likeness (QED) is 0.584. The summed E-state index contributed by atoms with van der Waals surface area (Å²) < 4.78 is 0. The van der Waals surface area contributed by atoms with Crippen LogP contribution in [0.1, 0.15) is 6.42 Å². The fraction of sp³-hybridized carbons (Fsp3) is 0.250. The van der Waals surface area contributed by atoms with Gasteiger partial charge in [-0.15, -0.1) is 0 Å². The second kappa shape index (κ2) is 2.69. The monoisotopic (exact) mass is 149 g/mol. The van der Waals surface area contributed by atoms with Crippen molar-refractivity contribution in [2.45, 2.75) is 12.0 Å². The van der Waals surface area contributed by atoms with Crippen molar-refractivity contribution in [1.82, 2.24) is 0 Å². The molecule has 0 heterocycles. The van der Waals surface area contributed by atoms with Crippen LogP contribution in [-0.2, 0) is 4.79 Å². The van der Waals surface area contributed by atoms with Gasteiger partial charge in [0.2, 0.25) is 0 Å². The van der Waals surface area contributed by atoms with Crippen molar-refractivity contribution in [1.29, 1.82) is 5.26 Å². The third-order valence-electron chi connectivity index (χ3n) is 1.43. The first-order valence-electron chi connectivity index (χ1n) is 3.18. The molecular formula is C8H7NO2. The second-order valence-corrected chi connectivity index (χ2v) is 2.40. The summed E-state index contributed by atoms with van der Waals surface area (Å²) >= 11 is 0. The third kappa shape index (κ3) is 1.76. The molecule has 3 heteroatoms. The van der Waals surface area contributed by atoms with Gasteiger partial charge in [-0.1, -0.05) is 0 Å². The van der Waals surface area contributed by atoms with Crippen LogP contribution in [0.25, 0.3) is 0 Å². The van der Waals surface area contributed by atoms with Gasteiger partial charge in [0, 0.05) is 0 Å². The molecule has 0 bridgehead atoms. The van der Waals surface area contributed by atoms with Crippen LogP contribution in [0.4, 0.5) is 0 Å². The molecular weight excluding hydrogens is 142 g/mol. The Bertz CT molecular complexity index is 254. The Morgan fingerprint density at radius 3 is 2.55 bits per heavy atom. The van der Waals surface area contributed by atoms with Crippen molar-refractivity contribution in [2.75, 3.05) is 0 Å². The first-order chi connectivity index (χ1) is 5.16. The zero-order valence-electron chi connectivity index (χ0n) is 5.82. The first-order valence-corrected chi connectivity index (χ1v) is 3.18. The van der Waals surface area contributed by atoms with E-state index in [1.54, 1.807) is 0 Å². The topological polar surface area (TPSA) is 61.1 Å². The van der Waals surface area contributed by atoms with Crippen molar-refractivity contribution in [2.24, 2.45) is 0 Å². The lowest BCUT2D eigenvalue weighted by atomic mass is 9.95. The Labute approximate surface area is 64.3 Å². The van der Waals surface area contributed by atoms with Crippen molar-refractivity contribution < 1.29 is 9.90 Å². The van der Waals surface area contributed by atoms with E-state index in [9.17, 15) is 9.90 Å². The van der Waals surface area contributed by atoms with E-state index in [4.69, 9.17) is 5.26 Å². The van der Waals surface area contributed by atoms with Crippen LogP contribution < -0.4 is 0 Å². The van der Waals surface area contributed by atoms with Crippen LogP contribution in [0.5, 0.6) is 0 Å². The van der Waals surface area contributed by atoms with Crippen LogP contribution in [-0.4, -0.2) is 16.5 Å². The highest BCUT2D eigenvalue weighted by Gasteiger charge is 2.22. The lowest BCUT2D eigenvalue weighted by Gasteiger charge is -2.17. The molecule has 0 unspecified atom stereocenters. The lowest BCUT2D eigenvalue weighted by molar-refractivity contribution is -0.110. The molecule has 0 radical (unpaired) electrons. The number of rotatable bonds is 1. The van der Waals surface area contributed by atoms with Gasteiger partial charge >= 0.3 is 0 Å². The number of hydrogen-bond acceptors (Lipinski definition) is 3. The van der Waals surface area contributed by atoms with Gasteiger partial charge in [0.1, 0.15) is 5.60 Å². The Kier molecular flexibility index (Phi) is 1.88. The van der Waals surface area contributed by atoms with E-state index >= 15 is 0 Å². The maximum absolute atomic E-state index is 10.6. The summed E-state index contributed by atoms with van der Waals surface area (Å²) in [7, 11) is 0. The number of nitrogens with zero attached hydrogens (tertiary/aromatic N) is 1. The number of ketones is 1. The average Bonchev–Trinajstić information content (AvgIpc) is 1.97. The minimum absolute atomic E-state index is 0.0206. The third-order valence-corrected chi connectivity index (χ3v) is 1.43. The molecule has 1 rings (SSSR count). The molecule has 0 saturated heterocycles. The Hall–Kier alpha value is -1.40. The number of allylic oxidation sites excluding steroid dienone is 2. The van der Waals surface area contributed by atoms with Crippen molar-refractivity contribution in [3.8, 4) is 6.07 Å². The highest BCUT2D eigenvalue weighted by molar-refractivity contribution is 6.00. The van der Waals surface area contributed by atoms with Crippen molar-refractivity contribution in [3.05, 3.63) is 24.3 Å². The van der Waals surface area contributed by atoms with Crippen LogP contribution >= 0.6 is 0 Å². The summed E-state index contributed by atoms with van der Waals surface area (Å²) in [4.78, 5) is 10.6. The Morgan fingerprint density at radius 2 is 2.09 bits per heavy atom. The highest BCUT2D eigenvalue weighted by Crippen LogP contribution is 2.16. The molecule has 0 aromatic heterocycles. The summed E-state index contributed by atoms with van der Waals surface area (Å²) in [6.45, 7) is 0. The highest BCUT2D eigenvalue weighted by atomic mass is 16.3. The van der Waals surface area contributed by atoms with Gasteiger partial charge in [-0.05, 0) is 24.3 Å². The zero-order valence-corrected chi connectivity index (χ0v) is 5.82. The van der Waals surface area contributed by atoms with Crippen LogP contribution in [0.3, 0.4) is 0 Å². The van der Waals surface area contributed by atoms with E-state index < -0.39 is 5.60 Å². The van der Waals surface area contributed by atoms with E-state index in [0.717, 1.165) is 0 Å². The van der Waals surface area contributed by atoms with Crippen LogP contribution in [0, 0.1) is 11.3 Å². The lowest BCUT2D eigenvalue weighted by Crippen LogP contribution is -2.24. The minimum Gasteiger partial charge on any atom is -0.381 e. The summed E-state index contributed by atoms with van der Waals surface area (Å²) in [5, 5.41) is 17.7. The molecule has 3 nitrogen and oxygen atoms in total. The SMILES string of the molecule is N#CCC1(O)C=CC(=O)C=C1. The normalized spacial score (nSPS) is 19.8. The molecule has 0 aromatic rings. The van der Waals surface area contributed by atoms with Gasteiger partial charge in [-0.25, -0.2) is 0 Å². The van der Waals surface area contributed by atoms with Gasteiger partial charge in [0.05, 0.1) is 12.5 Å². The fourth-order valence-electron chi connectivity index (χ4n) is 0.808. The van der Waals surface area contributed by atoms with Gasteiger partial charge < -0.3 is 5.11 Å². The van der Waals surface area contributed by atoms with Crippen molar-refractivity contribution >= 4 is 5.78 Å². The molecule has 11 heavy (non-hydrogen) atoms. The maximum Gasteiger partial charge on any atom is 0.178 e. The summed E-state index contributed by atoms with van der Waals surface area (Å²) in [6, 6.07) is 1.83. The van der Waals surface area contributed by atoms with Gasteiger partial charge in [-0.2, -0.15) is 5.26 Å². The molecule has 0 spiro atoms. The minimum atomic E-state index is -1.23. The first kappa shape index (κ1) is 7.70. The molecule has 0 aliphatic heterocycles. The summed E-state index contributed by atoms with van der Waals surface area (Å²) in [6.07, 6.45) is 5.17. The number of carbonyl (C=O) groups excluding carboxylic acids is 1. The molecule has 0 amide bonds. The van der Waals surface area contributed by atoms with E-state index in [1.807, 2.05) is 6.07 Å². The summed E-state index contributed by atoms with van der Waals surface area (Å²) in [5.74, 6) is -0.160. The molecule has 0 fully saturated rings. The Morgan fingerprint density at radius 1 is 1.55 bits per heavy atom. The molecule has 1 N–H and O–H groups in total. The maximum atomic E-state index is 10.6. The number of carbonyl (C=O) groups is 1. The zero-order chi connectivity index (χ0) is 8.32. The molecule has 0 aromatic carbocycles.